The van der Waals surface area contributed by atoms with Gasteiger partial charge in [0.15, 0.2) is 0 Å². The second kappa shape index (κ2) is 8.20. The first-order valence-electron chi connectivity index (χ1n) is 7.41. The Morgan fingerprint density at radius 3 is 2.74 bits per heavy atom. The molecular weight excluding hydrogens is 238 g/mol. The van der Waals surface area contributed by atoms with Crippen LogP contribution in [0.2, 0.25) is 0 Å². The lowest BCUT2D eigenvalue weighted by Crippen LogP contribution is -2.20. The molecular formula is C15H29N3O. The maximum Gasteiger partial charge on any atom is 0.203 e. The van der Waals surface area contributed by atoms with E-state index in [4.69, 9.17) is 4.74 Å². The van der Waals surface area contributed by atoms with Crippen LogP contribution in [0.3, 0.4) is 0 Å². The van der Waals surface area contributed by atoms with Crippen molar-refractivity contribution in [2.45, 2.75) is 60.0 Å². The van der Waals surface area contributed by atoms with Gasteiger partial charge >= 0.3 is 0 Å². The van der Waals surface area contributed by atoms with Crippen molar-refractivity contribution < 1.29 is 4.74 Å². The molecule has 0 aromatic carbocycles. The Bertz CT molecular complexity index is 360. The number of nitrogens with zero attached hydrogens (tertiary/aromatic N) is 2. The van der Waals surface area contributed by atoms with Crippen LogP contribution in [0, 0.1) is 12.8 Å². The lowest BCUT2D eigenvalue weighted by Gasteiger charge is -2.17. The third-order valence-corrected chi connectivity index (χ3v) is 2.99. The molecule has 0 bridgehead atoms. The molecule has 4 heteroatoms. The van der Waals surface area contributed by atoms with Crippen molar-refractivity contribution in [2.75, 3.05) is 18.5 Å². The largest absolute Gasteiger partial charge is 0.382 e. The number of hydrogen-bond acceptors (Lipinski definition) is 3. The SMILES string of the molecule is CCOCCCn1cc(C)nc1NC(C)CC(C)C. The van der Waals surface area contributed by atoms with Crippen molar-refractivity contribution in [1.29, 1.82) is 0 Å². The molecule has 0 fully saturated rings. The Morgan fingerprint density at radius 2 is 2.11 bits per heavy atom. The van der Waals surface area contributed by atoms with Gasteiger partial charge in [-0.25, -0.2) is 4.98 Å². The summed E-state index contributed by atoms with van der Waals surface area (Å²) in [5, 5.41) is 3.51. The van der Waals surface area contributed by atoms with Gasteiger partial charge in [-0.1, -0.05) is 13.8 Å². The summed E-state index contributed by atoms with van der Waals surface area (Å²) >= 11 is 0. The van der Waals surface area contributed by atoms with Crippen molar-refractivity contribution in [3.05, 3.63) is 11.9 Å². The molecule has 1 N–H and O–H groups in total. The van der Waals surface area contributed by atoms with Crippen LogP contribution < -0.4 is 5.32 Å². The first kappa shape index (κ1) is 16.0. The van der Waals surface area contributed by atoms with Crippen molar-refractivity contribution >= 4 is 5.95 Å². The summed E-state index contributed by atoms with van der Waals surface area (Å²) < 4.78 is 7.58. The predicted molar refractivity (Wildman–Crippen MR) is 80.6 cm³/mol. The molecule has 1 heterocycles. The minimum atomic E-state index is 0.451. The fourth-order valence-electron chi connectivity index (χ4n) is 2.30. The maximum absolute atomic E-state index is 5.38. The quantitative estimate of drug-likeness (QED) is 0.696. The lowest BCUT2D eigenvalue weighted by atomic mass is 10.1. The van der Waals surface area contributed by atoms with Crippen LogP contribution >= 0.6 is 0 Å². The number of aryl methyl sites for hydroxylation is 2. The van der Waals surface area contributed by atoms with E-state index in [-0.39, 0.29) is 0 Å². The number of nitrogens with one attached hydrogen (secondary N) is 1. The average molecular weight is 267 g/mol. The molecule has 0 radical (unpaired) electrons. The summed E-state index contributed by atoms with van der Waals surface area (Å²) in [6.45, 7) is 13.3. The Balaban J connectivity index is 2.52. The highest BCUT2D eigenvalue weighted by Crippen LogP contribution is 2.14. The molecule has 19 heavy (non-hydrogen) atoms. The molecule has 0 aliphatic carbocycles. The van der Waals surface area contributed by atoms with Crippen LogP contribution in [0.4, 0.5) is 5.95 Å². The third-order valence-electron chi connectivity index (χ3n) is 2.99. The highest BCUT2D eigenvalue weighted by molar-refractivity contribution is 5.29. The molecule has 0 aliphatic heterocycles. The van der Waals surface area contributed by atoms with E-state index in [9.17, 15) is 0 Å². The minimum Gasteiger partial charge on any atom is -0.382 e. The smallest absolute Gasteiger partial charge is 0.203 e. The van der Waals surface area contributed by atoms with Crippen LogP contribution in [0.15, 0.2) is 6.20 Å². The number of hydrogen-bond donors (Lipinski definition) is 1. The summed E-state index contributed by atoms with van der Waals surface area (Å²) in [6, 6.07) is 0.451. The molecule has 110 valence electrons. The third kappa shape index (κ3) is 6.10. The molecule has 0 aliphatic rings. The zero-order valence-corrected chi connectivity index (χ0v) is 13.1. The Morgan fingerprint density at radius 1 is 1.37 bits per heavy atom. The van der Waals surface area contributed by atoms with E-state index in [0.717, 1.165) is 44.2 Å². The first-order valence-corrected chi connectivity index (χ1v) is 7.41. The Labute approximate surface area is 117 Å². The fraction of sp³-hybridized carbons (Fsp3) is 0.800. The summed E-state index contributed by atoms with van der Waals surface area (Å²) in [4.78, 5) is 4.57. The van der Waals surface area contributed by atoms with E-state index < -0.39 is 0 Å². The van der Waals surface area contributed by atoms with E-state index in [0.29, 0.717) is 12.0 Å². The maximum atomic E-state index is 5.38. The van der Waals surface area contributed by atoms with Gasteiger partial charge < -0.3 is 14.6 Å². The number of ether oxygens (including phenoxy) is 1. The van der Waals surface area contributed by atoms with Crippen molar-refractivity contribution in [2.24, 2.45) is 5.92 Å². The van der Waals surface area contributed by atoms with Gasteiger partial charge in [0.1, 0.15) is 0 Å². The molecule has 1 aromatic rings. The van der Waals surface area contributed by atoms with Crippen LogP contribution in [-0.2, 0) is 11.3 Å². The zero-order valence-electron chi connectivity index (χ0n) is 13.1. The lowest BCUT2D eigenvalue weighted by molar-refractivity contribution is 0.142. The summed E-state index contributed by atoms with van der Waals surface area (Å²) in [5.74, 6) is 1.69. The Kier molecular flexibility index (Phi) is 6.92. The number of imidazole rings is 1. The van der Waals surface area contributed by atoms with Gasteiger partial charge in [-0.3, -0.25) is 0 Å². The second-order valence-electron chi connectivity index (χ2n) is 5.62. The second-order valence-corrected chi connectivity index (χ2v) is 5.62. The van der Waals surface area contributed by atoms with Crippen molar-refractivity contribution in [3.63, 3.8) is 0 Å². The molecule has 1 atom stereocenters. The van der Waals surface area contributed by atoms with Gasteiger partial charge in [-0.2, -0.15) is 0 Å². The molecule has 0 amide bonds. The first-order chi connectivity index (χ1) is 9.02. The van der Waals surface area contributed by atoms with Crippen molar-refractivity contribution in [3.8, 4) is 0 Å². The van der Waals surface area contributed by atoms with E-state index in [1.807, 2.05) is 13.8 Å². The molecule has 0 saturated carbocycles. The van der Waals surface area contributed by atoms with E-state index in [2.05, 4.69) is 41.8 Å². The molecule has 1 rings (SSSR count). The minimum absolute atomic E-state index is 0.451. The van der Waals surface area contributed by atoms with Crippen LogP contribution in [0.25, 0.3) is 0 Å². The fourth-order valence-corrected chi connectivity index (χ4v) is 2.30. The summed E-state index contributed by atoms with van der Waals surface area (Å²) in [7, 11) is 0. The van der Waals surface area contributed by atoms with Gasteiger partial charge in [-0.05, 0) is 39.5 Å². The van der Waals surface area contributed by atoms with Crippen molar-refractivity contribution in [1.82, 2.24) is 9.55 Å². The van der Waals surface area contributed by atoms with E-state index >= 15 is 0 Å². The Hall–Kier alpha value is -1.03. The normalized spacial score (nSPS) is 12.9. The van der Waals surface area contributed by atoms with E-state index in [1.165, 1.54) is 0 Å². The van der Waals surface area contributed by atoms with Crippen LogP contribution in [-0.4, -0.2) is 28.8 Å². The van der Waals surface area contributed by atoms with Crippen LogP contribution in [0.1, 0.15) is 46.2 Å². The average Bonchev–Trinajstić information content (AvgIpc) is 2.64. The van der Waals surface area contributed by atoms with Gasteiger partial charge in [0.2, 0.25) is 5.95 Å². The number of anilines is 1. The molecule has 1 unspecified atom stereocenters. The van der Waals surface area contributed by atoms with Gasteiger partial charge in [0.25, 0.3) is 0 Å². The van der Waals surface area contributed by atoms with Crippen LogP contribution in [0.5, 0.6) is 0 Å². The summed E-state index contributed by atoms with van der Waals surface area (Å²) in [5.41, 5.74) is 1.07. The highest BCUT2D eigenvalue weighted by Gasteiger charge is 2.10. The molecule has 0 saturated heterocycles. The predicted octanol–water partition coefficient (Wildman–Crippen LogP) is 3.46. The van der Waals surface area contributed by atoms with Gasteiger partial charge in [0, 0.05) is 32.0 Å². The zero-order chi connectivity index (χ0) is 14.3. The standard InChI is InChI=1S/C15H29N3O/c1-6-19-9-7-8-18-11-14(5)17-15(18)16-13(4)10-12(2)3/h11-13H,6-10H2,1-5H3,(H,16,17). The number of aromatic nitrogens is 2. The summed E-state index contributed by atoms with van der Waals surface area (Å²) in [6.07, 6.45) is 4.29. The van der Waals surface area contributed by atoms with E-state index in [1.54, 1.807) is 0 Å². The molecule has 1 aromatic heterocycles. The highest BCUT2D eigenvalue weighted by atomic mass is 16.5. The van der Waals surface area contributed by atoms with Gasteiger partial charge in [0.05, 0.1) is 5.69 Å². The molecule has 0 spiro atoms. The topological polar surface area (TPSA) is 39.1 Å². The van der Waals surface area contributed by atoms with Gasteiger partial charge in [-0.15, -0.1) is 0 Å². The number of rotatable bonds is 9. The molecule has 4 nitrogen and oxygen atoms in total. The monoisotopic (exact) mass is 267 g/mol.